The second kappa shape index (κ2) is 6.14. The summed E-state index contributed by atoms with van der Waals surface area (Å²) in [5, 5.41) is 10.4. The average Bonchev–Trinajstić information content (AvgIpc) is 2.92. The number of aromatic nitrogens is 3. The Morgan fingerprint density at radius 1 is 1.41 bits per heavy atom. The molecule has 116 valence electrons. The molecule has 8 nitrogen and oxygen atoms in total. The fourth-order valence-corrected chi connectivity index (χ4v) is 2.64. The van der Waals surface area contributed by atoms with E-state index in [0.29, 0.717) is 35.6 Å². The molecule has 0 radical (unpaired) electrons. The number of carbonyl (C=O) groups is 1. The van der Waals surface area contributed by atoms with Crippen LogP contribution in [0.25, 0.3) is 0 Å². The third-order valence-corrected chi connectivity index (χ3v) is 4.07. The van der Waals surface area contributed by atoms with Gasteiger partial charge >= 0.3 is 0 Å². The molecule has 1 aliphatic rings. The second-order valence-electron chi connectivity index (χ2n) is 4.63. The van der Waals surface area contributed by atoms with Crippen molar-refractivity contribution in [2.24, 2.45) is 0 Å². The molecule has 1 aliphatic heterocycles. The van der Waals surface area contributed by atoms with E-state index in [2.05, 4.69) is 15.5 Å². The van der Waals surface area contributed by atoms with Crippen molar-refractivity contribution in [3.05, 3.63) is 24.5 Å². The Labute approximate surface area is 131 Å². The van der Waals surface area contributed by atoms with Crippen LogP contribution in [-0.4, -0.2) is 39.2 Å². The normalized spacial score (nSPS) is 14.4. The summed E-state index contributed by atoms with van der Waals surface area (Å²) in [6.45, 7) is 2.81. The van der Waals surface area contributed by atoms with E-state index in [1.165, 1.54) is 22.8 Å². The van der Waals surface area contributed by atoms with Gasteiger partial charge in [0, 0.05) is 11.8 Å². The number of nitrogen functional groups attached to an aromatic ring is 1. The first-order valence-electron chi connectivity index (χ1n) is 6.66. The zero-order valence-electron chi connectivity index (χ0n) is 11.9. The first-order valence-corrected chi connectivity index (χ1v) is 7.54. The summed E-state index contributed by atoms with van der Waals surface area (Å²) < 4.78 is 12.2. The number of nitrogens with zero attached hydrogens (tertiary/aromatic N) is 3. The Bertz CT molecular complexity index is 690. The maximum absolute atomic E-state index is 12.2. The summed E-state index contributed by atoms with van der Waals surface area (Å²) in [6, 6.07) is 5.29. The lowest BCUT2D eigenvalue weighted by molar-refractivity contribution is -0.115. The van der Waals surface area contributed by atoms with E-state index in [1.54, 1.807) is 25.1 Å². The molecule has 1 amide bonds. The molecule has 0 bridgehead atoms. The van der Waals surface area contributed by atoms with Crippen molar-refractivity contribution >= 4 is 23.4 Å². The van der Waals surface area contributed by atoms with Crippen LogP contribution in [0.5, 0.6) is 11.5 Å². The molecule has 0 spiro atoms. The molecular weight excluding hydrogens is 306 g/mol. The summed E-state index contributed by atoms with van der Waals surface area (Å²) in [5.74, 6) is 6.78. The monoisotopic (exact) mass is 321 g/mol. The molecule has 9 heteroatoms. The molecule has 0 saturated carbocycles. The number of hydrogen-bond donors (Lipinski definition) is 2. The van der Waals surface area contributed by atoms with E-state index >= 15 is 0 Å². The summed E-state index contributed by atoms with van der Waals surface area (Å²) in [4.78, 5) is 12.2. The van der Waals surface area contributed by atoms with E-state index in [9.17, 15) is 4.79 Å². The number of amides is 1. The Kier molecular flexibility index (Phi) is 4.05. The highest BCUT2D eigenvalue weighted by molar-refractivity contribution is 8.00. The largest absolute Gasteiger partial charge is 0.486 e. The minimum atomic E-state index is -0.375. The second-order valence-corrected chi connectivity index (χ2v) is 5.94. The smallest absolute Gasteiger partial charge is 0.237 e. The third kappa shape index (κ3) is 3.08. The lowest BCUT2D eigenvalue weighted by Crippen LogP contribution is -2.23. The van der Waals surface area contributed by atoms with Gasteiger partial charge < -0.3 is 20.6 Å². The fraction of sp³-hybridized carbons (Fsp3) is 0.308. The van der Waals surface area contributed by atoms with Gasteiger partial charge in [-0.15, -0.1) is 10.2 Å². The summed E-state index contributed by atoms with van der Waals surface area (Å²) in [7, 11) is 0. The van der Waals surface area contributed by atoms with Crippen LogP contribution in [0.3, 0.4) is 0 Å². The van der Waals surface area contributed by atoms with Crippen molar-refractivity contribution in [3.63, 3.8) is 0 Å². The topological polar surface area (TPSA) is 104 Å². The summed E-state index contributed by atoms with van der Waals surface area (Å²) in [5.41, 5.74) is 0.649. The van der Waals surface area contributed by atoms with Crippen molar-refractivity contribution in [1.82, 2.24) is 14.9 Å². The highest BCUT2D eigenvalue weighted by Crippen LogP contribution is 2.32. The van der Waals surface area contributed by atoms with Gasteiger partial charge in [-0.05, 0) is 19.1 Å². The molecule has 3 rings (SSSR count). The minimum absolute atomic E-state index is 0.162. The van der Waals surface area contributed by atoms with Crippen molar-refractivity contribution < 1.29 is 14.3 Å². The molecule has 0 saturated heterocycles. The van der Waals surface area contributed by atoms with Crippen molar-refractivity contribution in [2.75, 3.05) is 24.4 Å². The van der Waals surface area contributed by atoms with Crippen LogP contribution in [0.4, 0.5) is 5.69 Å². The van der Waals surface area contributed by atoms with Crippen molar-refractivity contribution in [1.29, 1.82) is 0 Å². The van der Waals surface area contributed by atoms with Crippen LogP contribution in [0.1, 0.15) is 6.92 Å². The molecule has 2 heterocycles. The number of thioether (sulfide) groups is 1. The van der Waals surface area contributed by atoms with Gasteiger partial charge in [-0.25, -0.2) is 4.68 Å². The zero-order valence-corrected chi connectivity index (χ0v) is 12.7. The van der Waals surface area contributed by atoms with E-state index in [0.717, 1.165) is 0 Å². The van der Waals surface area contributed by atoms with Gasteiger partial charge in [0.1, 0.15) is 19.5 Å². The standard InChI is InChI=1S/C13H15N5O3S/c1-8(22-13-17-15-7-18(13)14)12(19)16-9-2-3-10-11(6-9)21-5-4-20-10/h2-3,6-8H,4-5,14H2,1H3,(H,16,19)/t8-/m1/s1. The van der Waals surface area contributed by atoms with Crippen LogP contribution in [0.15, 0.2) is 29.7 Å². The highest BCUT2D eigenvalue weighted by Gasteiger charge is 2.19. The number of carbonyl (C=O) groups excluding carboxylic acids is 1. The minimum Gasteiger partial charge on any atom is -0.486 e. The predicted octanol–water partition coefficient (Wildman–Crippen LogP) is 0.882. The summed E-state index contributed by atoms with van der Waals surface area (Å²) in [6.07, 6.45) is 1.38. The lowest BCUT2D eigenvalue weighted by Gasteiger charge is -2.19. The molecular formula is C13H15N5O3S. The van der Waals surface area contributed by atoms with Crippen LogP contribution in [0, 0.1) is 0 Å². The van der Waals surface area contributed by atoms with Gasteiger partial charge in [-0.1, -0.05) is 11.8 Å². The summed E-state index contributed by atoms with van der Waals surface area (Å²) >= 11 is 1.23. The predicted molar refractivity (Wildman–Crippen MR) is 81.6 cm³/mol. The molecule has 1 atom stereocenters. The molecule has 1 aromatic heterocycles. The first-order chi connectivity index (χ1) is 10.6. The van der Waals surface area contributed by atoms with Gasteiger partial charge in [0.2, 0.25) is 11.1 Å². The van der Waals surface area contributed by atoms with Gasteiger partial charge in [-0.2, -0.15) is 0 Å². The average molecular weight is 321 g/mol. The lowest BCUT2D eigenvalue weighted by atomic mass is 10.2. The van der Waals surface area contributed by atoms with Gasteiger partial charge in [-0.3, -0.25) is 4.79 Å². The number of nitrogens with two attached hydrogens (primary N) is 1. The van der Waals surface area contributed by atoms with Crippen LogP contribution >= 0.6 is 11.8 Å². The van der Waals surface area contributed by atoms with Gasteiger partial charge in [0.05, 0.1) is 5.25 Å². The Morgan fingerprint density at radius 2 is 2.18 bits per heavy atom. The molecule has 3 N–H and O–H groups in total. The van der Waals surface area contributed by atoms with Gasteiger partial charge in [0.25, 0.3) is 0 Å². The van der Waals surface area contributed by atoms with Crippen LogP contribution < -0.4 is 20.6 Å². The van der Waals surface area contributed by atoms with E-state index in [-0.39, 0.29) is 11.2 Å². The maximum atomic E-state index is 12.2. The number of fused-ring (bicyclic) bond motifs is 1. The van der Waals surface area contributed by atoms with Crippen LogP contribution in [0.2, 0.25) is 0 Å². The van der Waals surface area contributed by atoms with E-state index < -0.39 is 0 Å². The van der Waals surface area contributed by atoms with Crippen molar-refractivity contribution in [3.8, 4) is 11.5 Å². The van der Waals surface area contributed by atoms with E-state index in [1.807, 2.05) is 0 Å². The number of nitrogens with one attached hydrogen (secondary N) is 1. The molecule has 1 aromatic carbocycles. The quantitative estimate of drug-likeness (QED) is 0.636. The van der Waals surface area contributed by atoms with Gasteiger partial charge in [0.15, 0.2) is 11.5 Å². The zero-order chi connectivity index (χ0) is 15.5. The van der Waals surface area contributed by atoms with E-state index in [4.69, 9.17) is 15.3 Å². The SMILES string of the molecule is C[C@@H](Sc1nncn1N)C(=O)Nc1ccc2c(c1)OCCO2. The number of hydrogen-bond acceptors (Lipinski definition) is 7. The molecule has 0 unspecified atom stereocenters. The molecule has 22 heavy (non-hydrogen) atoms. The Balaban J connectivity index is 1.65. The molecule has 0 fully saturated rings. The number of ether oxygens (including phenoxy) is 2. The molecule has 2 aromatic rings. The molecule has 0 aliphatic carbocycles. The number of anilines is 1. The fourth-order valence-electron chi connectivity index (χ4n) is 1.89. The number of rotatable bonds is 4. The highest BCUT2D eigenvalue weighted by atomic mass is 32.2. The first kappa shape index (κ1) is 14.5. The Hall–Kier alpha value is -2.42. The third-order valence-electron chi connectivity index (χ3n) is 3.00. The van der Waals surface area contributed by atoms with Crippen LogP contribution in [-0.2, 0) is 4.79 Å². The Morgan fingerprint density at radius 3 is 2.91 bits per heavy atom. The number of benzene rings is 1. The van der Waals surface area contributed by atoms with Crippen molar-refractivity contribution in [2.45, 2.75) is 17.3 Å². The maximum Gasteiger partial charge on any atom is 0.237 e.